The number of morpholine rings is 1. The summed E-state index contributed by atoms with van der Waals surface area (Å²) in [6.07, 6.45) is 2.68. The Morgan fingerprint density at radius 2 is 2.18 bits per heavy atom. The van der Waals surface area contributed by atoms with Crippen LogP contribution in [0.15, 0.2) is 24.4 Å². The summed E-state index contributed by atoms with van der Waals surface area (Å²) >= 11 is 0. The van der Waals surface area contributed by atoms with Crippen molar-refractivity contribution in [2.45, 2.75) is 18.9 Å². The van der Waals surface area contributed by atoms with Gasteiger partial charge in [0.1, 0.15) is 11.3 Å². The second-order valence-electron chi connectivity index (χ2n) is 5.89. The molecule has 0 spiro atoms. The van der Waals surface area contributed by atoms with Gasteiger partial charge in [0.15, 0.2) is 0 Å². The van der Waals surface area contributed by atoms with Crippen LogP contribution in [-0.4, -0.2) is 48.8 Å². The molecule has 0 amide bonds. The SMILES string of the molecule is COc1ccc2[nH]cc(CC(C)(C#N)N3CCOCC3)c2c1. The number of H-pyrrole nitrogens is 1. The Hall–Kier alpha value is -2.03. The average Bonchev–Trinajstić information content (AvgIpc) is 2.97. The maximum absolute atomic E-state index is 9.74. The third-order valence-corrected chi connectivity index (χ3v) is 4.46. The van der Waals surface area contributed by atoms with Gasteiger partial charge < -0.3 is 14.5 Å². The van der Waals surface area contributed by atoms with Crippen LogP contribution in [0, 0.1) is 11.3 Å². The number of fused-ring (bicyclic) bond motifs is 1. The van der Waals surface area contributed by atoms with E-state index in [4.69, 9.17) is 9.47 Å². The zero-order valence-corrected chi connectivity index (χ0v) is 13.1. The quantitative estimate of drug-likeness (QED) is 0.941. The van der Waals surface area contributed by atoms with Gasteiger partial charge in [0.2, 0.25) is 0 Å². The molecular formula is C17H21N3O2. The molecule has 5 heteroatoms. The van der Waals surface area contributed by atoms with Gasteiger partial charge in [-0.25, -0.2) is 0 Å². The van der Waals surface area contributed by atoms with Gasteiger partial charge in [-0.3, -0.25) is 4.90 Å². The first-order chi connectivity index (χ1) is 10.7. The monoisotopic (exact) mass is 299 g/mol. The van der Waals surface area contributed by atoms with Gasteiger partial charge in [0.25, 0.3) is 0 Å². The lowest BCUT2D eigenvalue weighted by atomic mass is 9.91. The smallest absolute Gasteiger partial charge is 0.119 e. The molecule has 116 valence electrons. The van der Waals surface area contributed by atoms with Crippen LogP contribution in [0.4, 0.5) is 0 Å². The fourth-order valence-electron chi connectivity index (χ4n) is 3.08. The Labute approximate surface area is 130 Å². The lowest BCUT2D eigenvalue weighted by Crippen LogP contribution is -2.52. The highest BCUT2D eigenvalue weighted by Crippen LogP contribution is 2.28. The number of nitriles is 1. The van der Waals surface area contributed by atoms with Crippen LogP contribution in [0.1, 0.15) is 12.5 Å². The Morgan fingerprint density at radius 1 is 1.41 bits per heavy atom. The molecule has 1 saturated heterocycles. The number of benzene rings is 1. The minimum Gasteiger partial charge on any atom is -0.497 e. The van der Waals surface area contributed by atoms with Crippen molar-refractivity contribution in [1.29, 1.82) is 5.26 Å². The first-order valence-corrected chi connectivity index (χ1v) is 7.54. The maximum atomic E-state index is 9.74. The molecule has 22 heavy (non-hydrogen) atoms. The van der Waals surface area contributed by atoms with E-state index < -0.39 is 5.54 Å². The Kier molecular flexibility index (Phi) is 4.06. The van der Waals surface area contributed by atoms with E-state index in [2.05, 4.69) is 16.0 Å². The van der Waals surface area contributed by atoms with E-state index in [0.29, 0.717) is 19.6 Å². The van der Waals surface area contributed by atoms with Crippen LogP contribution in [0.2, 0.25) is 0 Å². The number of methoxy groups -OCH3 is 1. The van der Waals surface area contributed by atoms with Crippen molar-refractivity contribution in [3.8, 4) is 11.8 Å². The van der Waals surface area contributed by atoms with Crippen LogP contribution in [-0.2, 0) is 11.2 Å². The number of aromatic amines is 1. The van der Waals surface area contributed by atoms with Crippen LogP contribution in [0.5, 0.6) is 5.75 Å². The minimum atomic E-state index is -0.526. The van der Waals surface area contributed by atoms with E-state index in [1.54, 1.807) is 7.11 Å². The molecule has 0 bridgehead atoms. The molecule has 1 atom stereocenters. The number of nitrogens with one attached hydrogen (secondary N) is 1. The predicted octanol–water partition coefficient (Wildman–Crippen LogP) is 2.33. The van der Waals surface area contributed by atoms with Crippen molar-refractivity contribution in [1.82, 2.24) is 9.88 Å². The molecule has 0 radical (unpaired) electrons. The van der Waals surface area contributed by atoms with Gasteiger partial charge in [-0.1, -0.05) is 0 Å². The molecule has 1 aromatic carbocycles. The van der Waals surface area contributed by atoms with Crippen molar-refractivity contribution < 1.29 is 9.47 Å². The highest BCUT2D eigenvalue weighted by molar-refractivity contribution is 5.84. The third-order valence-electron chi connectivity index (χ3n) is 4.46. The number of ether oxygens (including phenoxy) is 2. The fraction of sp³-hybridized carbons (Fsp3) is 0.471. The number of nitrogens with zero attached hydrogens (tertiary/aromatic N) is 2. The van der Waals surface area contributed by atoms with E-state index >= 15 is 0 Å². The molecule has 1 unspecified atom stereocenters. The van der Waals surface area contributed by atoms with Crippen LogP contribution in [0.25, 0.3) is 10.9 Å². The van der Waals surface area contributed by atoms with Crippen LogP contribution in [0.3, 0.4) is 0 Å². The van der Waals surface area contributed by atoms with Gasteiger partial charge >= 0.3 is 0 Å². The Balaban J connectivity index is 1.91. The van der Waals surface area contributed by atoms with Gasteiger partial charge in [-0.2, -0.15) is 5.26 Å². The van der Waals surface area contributed by atoms with Crippen LogP contribution < -0.4 is 4.74 Å². The zero-order valence-electron chi connectivity index (χ0n) is 13.1. The van der Waals surface area contributed by atoms with E-state index in [1.807, 2.05) is 31.3 Å². The molecular weight excluding hydrogens is 278 g/mol. The summed E-state index contributed by atoms with van der Waals surface area (Å²) in [6.45, 7) is 5.00. The molecule has 1 aromatic heterocycles. The number of aromatic nitrogens is 1. The lowest BCUT2D eigenvalue weighted by Gasteiger charge is -2.38. The Morgan fingerprint density at radius 3 is 2.86 bits per heavy atom. The minimum absolute atomic E-state index is 0.526. The van der Waals surface area contributed by atoms with Crippen molar-refractivity contribution in [3.63, 3.8) is 0 Å². The topological polar surface area (TPSA) is 61.3 Å². The normalized spacial score (nSPS) is 18.8. The molecule has 0 aliphatic carbocycles. The summed E-state index contributed by atoms with van der Waals surface area (Å²) in [7, 11) is 1.67. The summed E-state index contributed by atoms with van der Waals surface area (Å²) in [5.74, 6) is 0.832. The number of hydrogen-bond acceptors (Lipinski definition) is 4. The molecule has 1 aliphatic heterocycles. The molecule has 1 fully saturated rings. The lowest BCUT2D eigenvalue weighted by molar-refractivity contribution is 0.00197. The van der Waals surface area contributed by atoms with Gasteiger partial charge in [-0.05, 0) is 30.7 Å². The molecule has 1 aliphatic rings. The first-order valence-electron chi connectivity index (χ1n) is 7.54. The van der Waals surface area contributed by atoms with Gasteiger partial charge in [-0.15, -0.1) is 0 Å². The van der Waals surface area contributed by atoms with Crippen LogP contribution >= 0.6 is 0 Å². The average molecular weight is 299 g/mol. The van der Waals surface area contributed by atoms with E-state index in [9.17, 15) is 5.26 Å². The molecule has 2 aromatic rings. The summed E-state index contributed by atoms with van der Waals surface area (Å²) < 4.78 is 10.7. The number of rotatable bonds is 4. The van der Waals surface area contributed by atoms with Crippen molar-refractivity contribution in [2.24, 2.45) is 0 Å². The zero-order chi connectivity index (χ0) is 15.6. The second kappa shape index (κ2) is 5.99. The summed E-state index contributed by atoms with van der Waals surface area (Å²) in [5.41, 5.74) is 1.68. The van der Waals surface area contributed by atoms with Gasteiger partial charge in [0, 0.05) is 36.6 Å². The van der Waals surface area contributed by atoms with E-state index in [-0.39, 0.29) is 0 Å². The molecule has 0 saturated carbocycles. The molecule has 2 heterocycles. The molecule has 1 N–H and O–H groups in total. The highest BCUT2D eigenvalue weighted by atomic mass is 16.5. The largest absolute Gasteiger partial charge is 0.497 e. The van der Waals surface area contributed by atoms with Crippen molar-refractivity contribution in [2.75, 3.05) is 33.4 Å². The first kappa shape index (κ1) is 14.9. The molecule has 5 nitrogen and oxygen atoms in total. The van der Waals surface area contributed by atoms with Crippen molar-refractivity contribution >= 4 is 10.9 Å². The third kappa shape index (κ3) is 2.68. The second-order valence-corrected chi connectivity index (χ2v) is 5.89. The van der Waals surface area contributed by atoms with Gasteiger partial charge in [0.05, 0.1) is 26.4 Å². The van der Waals surface area contributed by atoms with Crippen molar-refractivity contribution in [3.05, 3.63) is 30.0 Å². The summed E-state index contributed by atoms with van der Waals surface area (Å²) in [5, 5.41) is 10.9. The number of hydrogen-bond donors (Lipinski definition) is 1. The summed E-state index contributed by atoms with van der Waals surface area (Å²) in [4.78, 5) is 5.50. The maximum Gasteiger partial charge on any atom is 0.119 e. The standard InChI is InChI=1S/C17H21N3O2/c1-17(12-18,20-5-7-22-8-6-20)10-13-11-19-16-4-3-14(21-2)9-15(13)16/h3-4,9,11,19H,5-8,10H2,1-2H3. The van der Waals surface area contributed by atoms with E-state index in [1.165, 1.54) is 0 Å². The summed E-state index contributed by atoms with van der Waals surface area (Å²) in [6, 6.07) is 8.48. The molecule has 3 rings (SSSR count). The van der Waals surface area contributed by atoms with E-state index in [0.717, 1.165) is 35.3 Å². The predicted molar refractivity (Wildman–Crippen MR) is 85.0 cm³/mol. The highest BCUT2D eigenvalue weighted by Gasteiger charge is 2.34. The Bertz CT molecular complexity index is 697. The fourth-order valence-corrected chi connectivity index (χ4v) is 3.08.